The number of aliphatic hydroxyl groups is 1. The zero-order valence-electron chi connectivity index (χ0n) is 22.6. The van der Waals surface area contributed by atoms with Crippen molar-refractivity contribution in [1.82, 2.24) is 4.90 Å². The quantitative estimate of drug-likeness (QED) is 0.252. The Hall–Kier alpha value is -2.88. The summed E-state index contributed by atoms with van der Waals surface area (Å²) in [4.78, 5) is 39.9. The number of nitrogens with zero attached hydrogens (tertiary/aromatic N) is 2. The van der Waals surface area contributed by atoms with Gasteiger partial charge in [0.2, 0.25) is 0 Å². The van der Waals surface area contributed by atoms with Crippen molar-refractivity contribution in [1.29, 1.82) is 0 Å². The zero-order chi connectivity index (χ0) is 27.7. The number of esters is 1. The zero-order valence-corrected chi connectivity index (χ0v) is 23.4. The summed E-state index contributed by atoms with van der Waals surface area (Å²) in [5.74, 6) is 0.160. The standard InChI is InChI=1S/C24H30N2O5S.C2H6.CH4O/c1-17(29)31-22(16-28)24(19-7-9-20(30-5)10-8-19)32-23-11-6-18(15-27)14-21(23)26(4)13-12-25(2)3;2*1-2/h6-11,14-16,22,24H,12-13H2,1-5H3;1-2H3;2H,1H3/t22-,24-;;/m0../s1. The summed E-state index contributed by atoms with van der Waals surface area (Å²) in [6, 6.07) is 12.7. The molecule has 0 aliphatic rings. The van der Waals surface area contributed by atoms with Crippen LogP contribution in [0.15, 0.2) is 47.4 Å². The van der Waals surface area contributed by atoms with Gasteiger partial charge in [0.1, 0.15) is 12.0 Å². The minimum atomic E-state index is -0.975. The van der Waals surface area contributed by atoms with E-state index >= 15 is 0 Å². The predicted molar refractivity (Wildman–Crippen MR) is 146 cm³/mol. The van der Waals surface area contributed by atoms with E-state index in [2.05, 4.69) is 9.80 Å². The maximum Gasteiger partial charge on any atom is 0.303 e. The highest BCUT2D eigenvalue weighted by Crippen LogP contribution is 2.43. The molecule has 0 saturated heterocycles. The molecule has 0 aliphatic carbocycles. The van der Waals surface area contributed by atoms with Gasteiger partial charge < -0.3 is 24.4 Å². The number of rotatable bonds is 12. The molecular weight excluding hydrogens is 480 g/mol. The highest BCUT2D eigenvalue weighted by Gasteiger charge is 2.28. The molecule has 0 unspecified atom stereocenters. The molecule has 0 radical (unpaired) electrons. The Bertz CT molecular complexity index is 921. The van der Waals surface area contributed by atoms with Gasteiger partial charge >= 0.3 is 5.97 Å². The number of benzene rings is 2. The number of carbonyl (C=O) groups excluding carboxylic acids is 3. The van der Waals surface area contributed by atoms with Crippen LogP contribution in [0.2, 0.25) is 0 Å². The van der Waals surface area contributed by atoms with Crippen LogP contribution in [-0.2, 0) is 14.3 Å². The highest BCUT2D eigenvalue weighted by molar-refractivity contribution is 7.99. The lowest BCUT2D eigenvalue weighted by atomic mass is 10.1. The largest absolute Gasteiger partial charge is 0.497 e. The number of likely N-dealkylation sites (N-methyl/N-ethyl adjacent to an activating group) is 2. The number of thioether (sulfide) groups is 1. The topological polar surface area (TPSA) is 96.4 Å². The second kappa shape index (κ2) is 18.4. The van der Waals surface area contributed by atoms with Crippen LogP contribution in [0.3, 0.4) is 0 Å². The molecule has 200 valence electrons. The second-order valence-corrected chi connectivity index (χ2v) is 8.77. The van der Waals surface area contributed by atoms with Gasteiger partial charge in [-0.25, -0.2) is 0 Å². The second-order valence-electron chi connectivity index (χ2n) is 7.59. The van der Waals surface area contributed by atoms with E-state index < -0.39 is 17.3 Å². The SMILES string of the molecule is CC.CO.COc1ccc([C@H](Sc2ccc(C=O)cc2N(C)CCN(C)C)[C@H](C=O)OC(C)=O)cc1. The highest BCUT2D eigenvalue weighted by atomic mass is 32.2. The molecule has 0 saturated carbocycles. The normalized spacial score (nSPS) is 11.6. The van der Waals surface area contributed by atoms with E-state index in [1.807, 2.05) is 59.3 Å². The van der Waals surface area contributed by atoms with Crippen molar-refractivity contribution in [3.05, 3.63) is 53.6 Å². The van der Waals surface area contributed by atoms with Crippen molar-refractivity contribution in [3.8, 4) is 5.75 Å². The molecule has 2 aromatic rings. The lowest BCUT2D eigenvalue weighted by Crippen LogP contribution is -2.29. The minimum absolute atomic E-state index is 0.481. The number of anilines is 1. The molecule has 8 nitrogen and oxygen atoms in total. The number of hydrogen-bond acceptors (Lipinski definition) is 9. The summed E-state index contributed by atoms with van der Waals surface area (Å²) in [7, 11) is 8.54. The third kappa shape index (κ3) is 10.8. The Kier molecular flexibility index (Phi) is 16.9. The number of aliphatic hydroxyl groups excluding tert-OH is 1. The molecule has 2 aromatic carbocycles. The molecule has 9 heteroatoms. The lowest BCUT2D eigenvalue weighted by Gasteiger charge is -2.27. The Morgan fingerprint density at radius 3 is 2.11 bits per heavy atom. The first-order valence-electron chi connectivity index (χ1n) is 11.6. The van der Waals surface area contributed by atoms with E-state index in [4.69, 9.17) is 14.6 Å². The van der Waals surface area contributed by atoms with Gasteiger partial charge in [0, 0.05) is 44.6 Å². The van der Waals surface area contributed by atoms with E-state index in [0.29, 0.717) is 17.6 Å². The van der Waals surface area contributed by atoms with Crippen LogP contribution in [-0.4, -0.2) is 83.1 Å². The molecule has 0 heterocycles. The first-order valence-corrected chi connectivity index (χ1v) is 12.5. The summed E-state index contributed by atoms with van der Waals surface area (Å²) in [6.07, 6.45) is 0.487. The van der Waals surface area contributed by atoms with E-state index in [-0.39, 0.29) is 0 Å². The van der Waals surface area contributed by atoms with Crippen LogP contribution >= 0.6 is 11.8 Å². The van der Waals surface area contributed by atoms with Crippen molar-refractivity contribution in [2.75, 3.05) is 53.4 Å². The Morgan fingerprint density at radius 2 is 1.64 bits per heavy atom. The van der Waals surface area contributed by atoms with Gasteiger partial charge in [-0.3, -0.25) is 14.4 Å². The molecule has 0 aliphatic heterocycles. The summed E-state index contributed by atoms with van der Waals surface area (Å²) in [5, 5.41) is 6.52. The molecule has 2 atom stereocenters. The lowest BCUT2D eigenvalue weighted by molar-refractivity contribution is -0.149. The Labute approximate surface area is 219 Å². The van der Waals surface area contributed by atoms with E-state index in [0.717, 1.165) is 42.6 Å². The van der Waals surface area contributed by atoms with Crippen LogP contribution in [0.5, 0.6) is 5.75 Å². The fraction of sp³-hybridized carbons (Fsp3) is 0.444. The monoisotopic (exact) mass is 520 g/mol. The Balaban J connectivity index is 0.00000291. The van der Waals surface area contributed by atoms with Crippen LogP contribution in [0.25, 0.3) is 0 Å². The first kappa shape index (κ1) is 33.1. The summed E-state index contributed by atoms with van der Waals surface area (Å²) >= 11 is 1.42. The van der Waals surface area contributed by atoms with Crippen molar-refractivity contribution in [3.63, 3.8) is 0 Å². The van der Waals surface area contributed by atoms with Crippen molar-refractivity contribution in [2.24, 2.45) is 0 Å². The molecule has 0 aromatic heterocycles. The van der Waals surface area contributed by atoms with Gasteiger partial charge in [-0.1, -0.05) is 32.0 Å². The van der Waals surface area contributed by atoms with Gasteiger partial charge in [0.15, 0.2) is 12.4 Å². The molecule has 1 N–H and O–H groups in total. The van der Waals surface area contributed by atoms with Gasteiger partial charge in [-0.05, 0) is 43.9 Å². The number of hydrogen-bond donors (Lipinski definition) is 1. The smallest absolute Gasteiger partial charge is 0.303 e. The van der Waals surface area contributed by atoms with Crippen LogP contribution < -0.4 is 9.64 Å². The molecule has 0 spiro atoms. The van der Waals surface area contributed by atoms with Crippen LogP contribution in [0.1, 0.15) is 41.9 Å². The van der Waals surface area contributed by atoms with Crippen molar-refractivity contribution < 1.29 is 29.0 Å². The number of carbonyl (C=O) groups is 3. The van der Waals surface area contributed by atoms with E-state index in [9.17, 15) is 14.4 Å². The fourth-order valence-corrected chi connectivity index (χ4v) is 4.39. The molecule has 0 amide bonds. The molecule has 0 fully saturated rings. The third-order valence-electron chi connectivity index (χ3n) is 4.85. The number of aldehydes is 2. The van der Waals surface area contributed by atoms with Gasteiger partial charge in [0.25, 0.3) is 0 Å². The van der Waals surface area contributed by atoms with Crippen LogP contribution in [0, 0.1) is 0 Å². The average molecular weight is 521 g/mol. The van der Waals surface area contributed by atoms with Gasteiger partial charge in [-0.15, -0.1) is 11.8 Å². The maximum atomic E-state index is 11.9. The Morgan fingerprint density at radius 1 is 1.03 bits per heavy atom. The van der Waals surface area contributed by atoms with E-state index in [1.54, 1.807) is 25.3 Å². The van der Waals surface area contributed by atoms with Crippen molar-refractivity contribution >= 4 is 36.0 Å². The molecule has 2 rings (SSSR count). The first-order chi connectivity index (χ1) is 17.3. The number of methoxy groups -OCH3 is 1. The van der Waals surface area contributed by atoms with Gasteiger partial charge in [0.05, 0.1) is 18.0 Å². The predicted octanol–water partition coefficient (Wildman–Crippen LogP) is 4.10. The van der Waals surface area contributed by atoms with E-state index in [1.165, 1.54) is 18.7 Å². The summed E-state index contributed by atoms with van der Waals surface area (Å²) in [5.41, 5.74) is 2.25. The maximum absolute atomic E-state index is 11.9. The van der Waals surface area contributed by atoms with Crippen LogP contribution in [0.4, 0.5) is 5.69 Å². The molecular formula is C27H40N2O6S. The molecule has 36 heavy (non-hydrogen) atoms. The van der Waals surface area contributed by atoms with Gasteiger partial charge in [-0.2, -0.15) is 0 Å². The summed E-state index contributed by atoms with van der Waals surface area (Å²) < 4.78 is 10.6. The summed E-state index contributed by atoms with van der Waals surface area (Å²) in [6.45, 7) is 6.86. The third-order valence-corrected chi connectivity index (χ3v) is 6.24. The number of ether oxygens (including phenoxy) is 2. The molecule has 0 bridgehead atoms. The fourth-order valence-electron chi connectivity index (χ4n) is 3.08. The minimum Gasteiger partial charge on any atom is -0.497 e. The average Bonchev–Trinajstić information content (AvgIpc) is 2.91. The van der Waals surface area contributed by atoms with Crippen molar-refractivity contribution in [2.45, 2.75) is 37.0 Å².